The van der Waals surface area contributed by atoms with Gasteiger partial charge in [0, 0.05) is 14.1 Å². The van der Waals surface area contributed by atoms with Crippen molar-refractivity contribution in [1.82, 2.24) is 10.2 Å². The van der Waals surface area contributed by atoms with E-state index in [1.54, 1.807) is 19.0 Å². The van der Waals surface area contributed by atoms with Crippen LogP contribution in [0.2, 0.25) is 0 Å². The Balaban J connectivity index is 4.47. The molecule has 0 saturated heterocycles. The summed E-state index contributed by atoms with van der Waals surface area (Å²) < 4.78 is 0. The lowest BCUT2D eigenvalue weighted by Crippen LogP contribution is -2.49. The molecule has 0 unspecified atom stereocenters. The van der Waals surface area contributed by atoms with Crippen LogP contribution in [0.1, 0.15) is 20.8 Å². The van der Waals surface area contributed by atoms with Crippen molar-refractivity contribution in [3.63, 3.8) is 0 Å². The van der Waals surface area contributed by atoms with Crippen molar-refractivity contribution >= 4 is 5.91 Å². The lowest BCUT2D eigenvalue weighted by atomic mass is 9.86. The summed E-state index contributed by atoms with van der Waals surface area (Å²) in [6.07, 6.45) is 0. The second-order valence-corrected chi connectivity index (χ2v) is 4.32. The maximum absolute atomic E-state index is 11.6. The fourth-order valence-corrected chi connectivity index (χ4v) is 1.19. The highest BCUT2D eigenvalue weighted by atomic mass is 16.2. The van der Waals surface area contributed by atoms with Gasteiger partial charge >= 0.3 is 0 Å². The molecule has 0 spiro atoms. The van der Waals surface area contributed by atoms with Crippen LogP contribution in [0.15, 0.2) is 0 Å². The normalized spacial score (nSPS) is 14.2. The molecule has 0 aromatic heterocycles. The highest BCUT2D eigenvalue weighted by Crippen LogP contribution is 2.19. The number of amides is 1. The van der Waals surface area contributed by atoms with Gasteiger partial charge in [-0.15, -0.1) is 0 Å². The van der Waals surface area contributed by atoms with E-state index >= 15 is 0 Å². The van der Waals surface area contributed by atoms with Crippen molar-refractivity contribution in [3.8, 4) is 0 Å². The molecule has 0 aliphatic rings. The Morgan fingerprint density at radius 3 is 1.83 bits per heavy atom. The van der Waals surface area contributed by atoms with Crippen LogP contribution in [-0.4, -0.2) is 38.0 Å². The summed E-state index contributed by atoms with van der Waals surface area (Å²) in [5.41, 5.74) is -0.0316. The van der Waals surface area contributed by atoms with Gasteiger partial charge in [0.15, 0.2) is 0 Å². The average molecular weight is 172 g/mol. The number of nitrogens with zero attached hydrogens (tertiary/aromatic N) is 1. The largest absolute Gasteiger partial charge is 0.347 e. The van der Waals surface area contributed by atoms with E-state index in [1.165, 1.54) is 0 Å². The molecule has 0 heterocycles. The zero-order valence-corrected chi connectivity index (χ0v) is 8.93. The molecule has 0 aromatic carbocycles. The SMILES string of the molecule is CN[C@@H](C(=O)N(C)C)C(C)(C)C. The van der Waals surface area contributed by atoms with E-state index in [2.05, 4.69) is 26.1 Å². The lowest BCUT2D eigenvalue weighted by molar-refractivity contribution is -0.133. The number of likely N-dealkylation sites (N-methyl/N-ethyl adjacent to an activating group) is 2. The Labute approximate surface area is 75.1 Å². The molecule has 0 aliphatic heterocycles. The number of hydrogen-bond donors (Lipinski definition) is 1. The Morgan fingerprint density at radius 2 is 1.75 bits per heavy atom. The van der Waals surface area contributed by atoms with Gasteiger partial charge in [0.25, 0.3) is 0 Å². The number of nitrogens with one attached hydrogen (secondary N) is 1. The van der Waals surface area contributed by atoms with Gasteiger partial charge in [-0.2, -0.15) is 0 Å². The Morgan fingerprint density at radius 1 is 1.33 bits per heavy atom. The smallest absolute Gasteiger partial charge is 0.239 e. The molecular formula is C9H20N2O. The van der Waals surface area contributed by atoms with Gasteiger partial charge in [0.1, 0.15) is 0 Å². The van der Waals surface area contributed by atoms with Crippen molar-refractivity contribution in [2.24, 2.45) is 5.41 Å². The number of carbonyl (C=O) groups excluding carboxylic acids is 1. The third kappa shape index (κ3) is 2.81. The first kappa shape index (κ1) is 11.4. The molecule has 1 N–H and O–H groups in total. The third-order valence-electron chi connectivity index (χ3n) is 1.84. The first-order chi connectivity index (χ1) is 5.30. The second-order valence-electron chi connectivity index (χ2n) is 4.32. The van der Waals surface area contributed by atoms with Crippen molar-refractivity contribution in [2.75, 3.05) is 21.1 Å². The maximum atomic E-state index is 11.6. The number of hydrogen-bond acceptors (Lipinski definition) is 2. The minimum atomic E-state index is -0.104. The quantitative estimate of drug-likeness (QED) is 0.665. The first-order valence-corrected chi connectivity index (χ1v) is 4.19. The van der Waals surface area contributed by atoms with Crippen molar-refractivity contribution in [2.45, 2.75) is 26.8 Å². The van der Waals surface area contributed by atoms with E-state index in [0.29, 0.717) is 0 Å². The van der Waals surface area contributed by atoms with Crippen LogP contribution in [0, 0.1) is 5.41 Å². The molecule has 0 aromatic rings. The van der Waals surface area contributed by atoms with Crippen LogP contribution >= 0.6 is 0 Å². The lowest BCUT2D eigenvalue weighted by Gasteiger charge is -2.31. The van der Waals surface area contributed by atoms with Crippen molar-refractivity contribution in [1.29, 1.82) is 0 Å². The van der Waals surface area contributed by atoms with Crippen LogP contribution < -0.4 is 5.32 Å². The van der Waals surface area contributed by atoms with Gasteiger partial charge in [0.2, 0.25) is 5.91 Å². The predicted molar refractivity (Wildman–Crippen MR) is 51.0 cm³/mol. The van der Waals surface area contributed by atoms with Crippen molar-refractivity contribution < 1.29 is 4.79 Å². The molecule has 72 valence electrons. The van der Waals surface area contributed by atoms with E-state index in [0.717, 1.165) is 0 Å². The summed E-state index contributed by atoms with van der Waals surface area (Å²) in [4.78, 5) is 13.2. The zero-order valence-electron chi connectivity index (χ0n) is 8.93. The van der Waals surface area contributed by atoms with Gasteiger partial charge in [-0.05, 0) is 12.5 Å². The molecular weight excluding hydrogens is 152 g/mol. The standard InChI is InChI=1S/C9H20N2O/c1-9(2,3)7(10-4)8(12)11(5)6/h7,10H,1-6H3/t7-/m0/s1. The van der Waals surface area contributed by atoms with E-state index in [4.69, 9.17) is 0 Å². The molecule has 1 amide bonds. The minimum absolute atomic E-state index is 0.0316. The molecule has 0 aliphatic carbocycles. The monoisotopic (exact) mass is 172 g/mol. The van der Waals surface area contributed by atoms with E-state index in [-0.39, 0.29) is 17.4 Å². The predicted octanol–water partition coefficient (Wildman–Crippen LogP) is 0.709. The molecule has 3 heteroatoms. The third-order valence-corrected chi connectivity index (χ3v) is 1.84. The topological polar surface area (TPSA) is 32.3 Å². The Hall–Kier alpha value is -0.570. The van der Waals surface area contributed by atoms with E-state index < -0.39 is 0 Å². The van der Waals surface area contributed by atoms with Crippen LogP contribution in [0.25, 0.3) is 0 Å². The molecule has 0 saturated carbocycles. The van der Waals surface area contributed by atoms with Gasteiger partial charge in [0.05, 0.1) is 6.04 Å². The fraction of sp³-hybridized carbons (Fsp3) is 0.889. The molecule has 12 heavy (non-hydrogen) atoms. The summed E-state index contributed by atoms with van der Waals surface area (Å²) in [5.74, 6) is 0.130. The molecule has 0 fully saturated rings. The second kappa shape index (κ2) is 3.90. The van der Waals surface area contributed by atoms with Gasteiger partial charge in [-0.1, -0.05) is 20.8 Å². The number of rotatable bonds is 2. The summed E-state index contributed by atoms with van der Waals surface area (Å²) in [7, 11) is 5.37. The highest BCUT2D eigenvalue weighted by molar-refractivity contribution is 5.82. The van der Waals surface area contributed by atoms with Gasteiger partial charge in [-0.25, -0.2) is 0 Å². The van der Waals surface area contributed by atoms with Crippen LogP contribution in [0.3, 0.4) is 0 Å². The van der Waals surface area contributed by atoms with Crippen LogP contribution in [0.5, 0.6) is 0 Å². The van der Waals surface area contributed by atoms with Crippen LogP contribution in [0.4, 0.5) is 0 Å². The van der Waals surface area contributed by atoms with Crippen molar-refractivity contribution in [3.05, 3.63) is 0 Å². The molecule has 1 atom stereocenters. The van der Waals surface area contributed by atoms with Gasteiger partial charge in [-0.3, -0.25) is 4.79 Å². The fourth-order valence-electron chi connectivity index (χ4n) is 1.19. The first-order valence-electron chi connectivity index (χ1n) is 4.19. The molecule has 3 nitrogen and oxygen atoms in total. The molecule has 0 rings (SSSR count). The average Bonchev–Trinajstić information content (AvgIpc) is 1.85. The summed E-state index contributed by atoms with van der Waals surface area (Å²) in [6.45, 7) is 6.15. The Kier molecular flexibility index (Phi) is 3.71. The number of carbonyl (C=O) groups is 1. The van der Waals surface area contributed by atoms with E-state index in [1.807, 2.05) is 7.05 Å². The maximum Gasteiger partial charge on any atom is 0.239 e. The molecule has 0 bridgehead atoms. The van der Waals surface area contributed by atoms with Crippen LogP contribution in [-0.2, 0) is 4.79 Å². The molecule has 0 radical (unpaired) electrons. The Bertz CT molecular complexity index is 158. The summed E-state index contributed by atoms with van der Waals surface area (Å²) in [5, 5.41) is 3.03. The van der Waals surface area contributed by atoms with E-state index in [9.17, 15) is 4.79 Å². The van der Waals surface area contributed by atoms with Gasteiger partial charge < -0.3 is 10.2 Å². The zero-order chi connectivity index (χ0) is 9.94. The highest BCUT2D eigenvalue weighted by Gasteiger charge is 2.30. The summed E-state index contributed by atoms with van der Waals surface area (Å²) >= 11 is 0. The minimum Gasteiger partial charge on any atom is -0.347 e. The summed E-state index contributed by atoms with van der Waals surface area (Å²) in [6, 6.07) is -0.104.